The van der Waals surface area contributed by atoms with E-state index >= 15 is 0 Å². The SMILES string of the molecule is CC(C)N=C(NN)N1CCCOCC1. The Labute approximate surface area is 85.3 Å². The van der Waals surface area contributed by atoms with Gasteiger partial charge < -0.3 is 9.64 Å². The average molecular weight is 200 g/mol. The second-order valence-electron chi connectivity index (χ2n) is 3.64. The van der Waals surface area contributed by atoms with E-state index < -0.39 is 0 Å². The van der Waals surface area contributed by atoms with Gasteiger partial charge in [0, 0.05) is 25.7 Å². The quantitative estimate of drug-likeness (QED) is 0.269. The van der Waals surface area contributed by atoms with Crippen LogP contribution in [-0.4, -0.2) is 43.2 Å². The molecule has 0 aromatic heterocycles. The molecule has 0 atom stereocenters. The zero-order valence-corrected chi connectivity index (χ0v) is 8.99. The number of rotatable bonds is 1. The van der Waals surface area contributed by atoms with Crippen molar-refractivity contribution in [3.63, 3.8) is 0 Å². The van der Waals surface area contributed by atoms with Gasteiger partial charge in [0.15, 0.2) is 0 Å². The van der Waals surface area contributed by atoms with Crippen LogP contribution in [0.5, 0.6) is 0 Å². The van der Waals surface area contributed by atoms with Crippen LogP contribution in [0.1, 0.15) is 20.3 Å². The minimum Gasteiger partial charge on any atom is -0.380 e. The van der Waals surface area contributed by atoms with E-state index in [9.17, 15) is 0 Å². The first kappa shape index (κ1) is 11.3. The topological polar surface area (TPSA) is 62.9 Å². The fourth-order valence-corrected chi connectivity index (χ4v) is 1.41. The van der Waals surface area contributed by atoms with E-state index in [1.165, 1.54) is 0 Å². The smallest absolute Gasteiger partial charge is 0.208 e. The van der Waals surface area contributed by atoms with Gasteiger partial charge in [0.1, 0.15) is 0 Å². The molecule has 1 aliphatic heterocycles. The maximum atomic E-state index is 5.44. The summed E-state index contributed by atoms with van der Waals surface area (Å²) >= 11 is 0. The van der Waals surface area contributed by atoms with E-state index in [-0.39, 0.29) is 6.04 Å². The first-order chi connectivity index (χ1) is 6.74. The number of hydrogen-bond acceptors (Lipinski definition) is 3. The number of ether oxygens (including phenoxy) is 1. The molecule has 1 heterocycles. The molecule has 82 valence electrons. The Morgan fingerprint density at radius 1 is 1.43 bits per heavy atom. The van der Waals surface area contributed by atoms with Crippen LogP contribution in [0.4, 0.5) is 0 Å². The summed E-state index contributed by atoms with van der Waals surface area (Å²) in [5.41, 5.74) is 2.65. The van der Waals surface area contributed by atoms with Crippen LogP contribution in [0.25, 0.3) is 0 Å². The highest BCUT2D eigenvalue weighted by Crippen LogP contribution is 2.00. The van der Waals surface area contributed by atoms with Gasteiger partial charge in [0.05, 0.1) is 6.61 Å². The van der Waals surface area contributed by atoms with Crippen molar-refractivity contribution in [1.82, 2.24) is 10.3 Å². The van der Waals surface area contributed by atoms with Gasteiger partial charge >= 0.3 is 0 Å². The Hall–Kier alpha value is -0.810. The predicted molar refractivity (Wildman–Crippen MR) is 56.9 cm³/mol. The molecule has 0 radical (unpaired) electrons. The molecule has 1 saturated heterocycles. The second-order valence-corrected chi connectivity index (χ2v) is 3.64. The number of aliphatic imine (C=N–C) groups is 1. The van der Waals surface area contributed by atoms with Crippen molar-refractivity contribution < 1.29 is 4.74 Å². The lowest BCUT2D eigenvalue weighted by atomic mass is 10.4. The molecule has 0 aliphatic carbocycles. The normalized spacial score (nSPS) is 19.7. The van der Waals surface area contributed by atoms with Gasteiger partial charge in [0.2, 0.25) is 5.96 Å². The molecule has 0 aromatic carbocycles. The molecule has 5 nitrogen and oxygen atoms in total. The molecule has 0 amide bonds. The molecule has 3 N–H and O–H groups in total. The van der Waals surface area contributed by atoms with Crippen molar-refractivity contribution in [1.29, 1.82) is 0 Å². The lowest BCUT2D eigenvalue weighted by Crippen LogP contribution is -2.46. The molecule has 0 aromatic rings. The molecule has 1 aliphatic rings. The third kappa shape index (κ3) is 3.51. The maximum Gasteiger partial charge on any atom is 0.208 e. The first-order valence-electron chi connectivity index (χ1n) is 5.11. The van der Waals surface area contributed by atoms with Crippen LogP contribution in [-0.2, 0) is 4.74 Å². The van der Waals surface area contributed by atoms with Gasteiger partial charge in [-0.2, -0.15) is 0 Å². The molecule has 0 saturated carbocycles. The highest BCUT2D eigenvalue weighted by molar-refractivity contribution is 5.79. The van der Waals surface area contributed by atoms with Crippen molar-refractivity contribution in [2.75, 3.05) is 26.3 Å². The largest absolute Gasteiger partial charge is 0.380 e. The molecule has 1 rings (SSSR count). The standard InChI is InChI=1S/C9H20N4O/c1-8(2)11-9(12-10)13-4-3-6-14-7-5-13/h8H,3-7,10H2,1-2H3,(H,11,12). The summed E-state index contributed by atoms with van der Waals surface area (Å²) in [4.78, 5) is 6.54. The van der Waals surface area contributed by atoms with Gasteiger partial charge in [-0.15, -0.1) is 0 Å². The van der Waals surface area contributed by atoms with Gasteiger partial charge in [-0.25, -0.2) is 10.8 Å². The Balaban J connectivity index is 2.57. The molecular weight excluding hydrogens is 180 g/mol. The third-order valence-corrected chi connectivity index (χ3v) is 2.03. The lowest BCUT2D eigenvalue weighted by molar-refractivity contribution is 0.147. The average Bonchev–Trinajstić information content (AvgIpc) is 2.41. The molecule has 5 heteroatoms. The van der Waals surface area contributed by atoms with Crippen LogP contribution >= 0.6 is 0 Å². The lowest BCUT2D eigenvalue weighted by Gasteiger charge is -2.23. The van der Waals surface area contributed by atoms with E-state index in [1.54, 1.807) is 0 Å². The van der Waals surface area contributed by atoms with E-state index in [0.717, 1.165) is 38.7 Å². The van der Waals surface area contributed by atoms with E-state index in [4.69, 9.17) is 10.6 Å². The monoisotopic (exact) mass is 200 g/mol. The molecule has 0 spiro atoms. The Morgan fingerprint density at radius 2 is 2.21 bits per heavy atom. The van der Waals surface area contributed by atoms with E-state index in [2.05, 4.69) is 15.3 Å². The van der Waals surface area contributed by atoms with Crippen LogP contribution in [0, 0.1) is 0 Å². The summed E-state index contributed by atoms with van der Waals surface area (Å²) in [5, 5.41) is 0. The van der Waals surface area contributed by atoms with Crippen molar-refractivity contribution in [2.45, 2.75) is 26.3 Å². The summed E-state index contributed by atoms with van der Waals surface area (Å²) in [5.74, 6) is 6.21. The highest BCUT2D eigenvalue weighted by Gasteiger charge is 2.12. The Kier molecular flexibility index (Phi) is 4.69. The van der Waals surface area contributed by atoms with Crippen LogP contribution in [0.15, 0.2) is 4.99 Å². The van der Waals surface area contributed by atoms with Crippen molar-refractivity contribution >= 4 is 5.96 Å². The number of nitrogens with two attached hydrogens (primary N) is 1. The van der Waals surface area contributed by atoms with Crippen LogP contribution in [0.3, 0.4) is 0 Å². The van der Waals surface area contributed by atoms with Gasteiger partial charge in [-0.05, 0) is 20.3 Å². The zero-order chi connectivity index (χ0) is 10.4. The molecule has 14 heavy (non-hydrogen) atoms. The molecule has 0 unspecified atom stereocenters. The Bertz CT molecular complexity index is 185. The minimum absolute atomic E-state index is 0.255. The fraction of sp³-hybridized carbons (Fsp3) is 0.889. The number of hydrogen-bond donors (Lipinski definition) is 2. The Morgan fingerprint density at radius 3 is 2.86 bits per heavy atom. The summed E-state index contributed by atoms with van der Waals surface area (Å²) < 4.78 is 5.36. The third-order valence-electron chi connectivity index (χ3n) is 2.03. The zero-order valence-electron chi connectivity index (χ0n) is 8.99. The first-order valence-corrected chi connectivity index (χ1v) is 5.11. The van der Waals surface area contributed by atoms with E-state index in [1.807, 2.05) is 13.8 Å². The summed E-state index contributed by atoms with van der Waals surface area (Å²) in [6.07, 6.45) is 1.03. The maximum absolute atomic E-state index is 5.44. The number of nitrogens with zero attached hydrogens (tertiary/aromatic N) is 2. The fourth-order valence-electron chi connectivity index (χ4n) is 1.41. The van der Waals surface area contributed by atoms with Gasteiger partial charge in [-0.3, -0.25) is 5.43 Å². The number of nitrogens with one attached hydrogen (secondary N) is 1. The van der Waals surface area contributed by atoms with Crippen LogP contribution < -0.4 is 11.3 Å². The minimum atomic E-state index is 0.255. The second kappa shape index (κ2) is 5.82. The molecule has 1 fully saturated rings. The van der Waals surface area contributed by atoms with Crippen LogP contribution in [0.2, 0.25) is 0 Å². The van der Waals surface area contributed by atoms with Gasteiger partial charge in [0.25, 0.3) is 0 Å². The molecule has 0 bridgehead atoms. The van der Waals surface area contributed by atoms with Gasteiger partial charge in [-0.1, -0.05) is 0 Å². The summed E-state index contributed by atoms with van der Waals surface area (Å²) in [6.45, 7) is 7.46. The molecular formula is C9H20N4O. The summed E-state index contributed by atoms with van der Waals surface area (Å²) in [6, 6.07) is 0.255. The highest BCUT2D eigenvalue weighted by atomic mass is 16.5. The summed E-state index contributed by atoms with van der Waals surface area (Å²) in [7, 11) is 0. The van der Waals surface area contributed by atoms with Crippen molar-refractivity contribution in [3.05, 3.63) is 0 Å². The predicted octanol–water partition coefficient (Wildman–Crippen LogP) is -0.0636. The van der Waals surface area contributed by atoms with E-state index in [0.29, 0.717) is 0 Å². The van der Waals surface area contributed by atoms with Crippen molar-refractivity contribution in [3.8, 4) is 0 Å². The number of guanidine groups is 1. The van der Waals surface area contributed by atoms with Crippen molar-refractivity contribution in [2.24, 2.45) is 10.8 Å². The number of hydrazine groups is 1.